The lowest BCUT2D eigenvalue weighted by molar-refractivity contribution is -0.137. The van der Waals surface area contributed by atoms with Crippen molar-refractivity contribution in [3.63, 3.8) is 0 Å². The number of hydrogen-bond acceptors (Lipinski definition) is 3. The fourth-order valence-electron chi connectivity index (χ4n) is 0.643. The van der Waals surface area contributed by atoms with Crippen molar-refractivity contribution in [2.75, 3.05) is 0 Å². The molecule has 0 spiro atoms. The Kier molecular flexibility index (Phi) is 2.51. The Morgan fingerprint density at radius 1 is 1.38 bits per heavy atom. The maximum absolute atomic E-state index is 12.2. The van der Waals surface area contributed by atoms with E-state index in [0.29, 0.717) is 6.07 Å². The second-order valence-corrected chi connectivity index (χ2v) is 2.42. The predicted octanol–water partition coefficient (Wildman–Crippen LogP) is 2.48. The lowest BCUT2D eigenvalue weighted by atomic mass is 10.3. The number of nitrogens with zero attached hydrogens (tertiary/aromatic N) is 3. The van der Waals surface area contributed by atoms with Gasteiger partial charge in [0.1, 0.15) is 0 Å². The number of hydrogen-bond donors (Lipinski definition) is 0. The molecule has 0 fully saturated rings. The highest BCUT2D eigenvalue weighted by molar-refractivity contribution is 6.30. The first kappa shape index (κ1) is 9.91. The molecule has 0 bridgehead atoms. The smallest absolute Gasteiger partial charge is 0.244 e. The number of aromatic nitrogens is 2. The van der Waals surface area contributed by atoms with Crippen LogP contribution in [0.4, 0.5) is 19.0 Å². The summed E-state index contributed by atoms with van der Waals surface area (Å²) >= 11 is 5.18. The molecule has 1 rings (SSSR count). The van der Waals surface area contributed by atoms with Gasteiger partial charge in [0, 0.05) is 0 Å². The van der Waals surface area contributed by atoms with Gasteiger partial charge >= 0.3 is 6.18 Å². The summed E-state index contributed by atoms with van der Waals surface area (Å²) < 4.78 is 36.5. The minimum Gasteiger partial charge on any atom is -0.244 e. The molecule has 0 aliphatic rings. The molecule has 7 heteroatoms. The fourth-order valence-corrected chi connectivity index (χ4v) is 0.842. The minimum absolute atomic E-state index is 0.211. The SMILES string of the molecule is C=Nc1cc(C(F)(F)F)c(Cl)nn1. The second-order valence-electron chi connectivity index (χ2n) is 2.06. The zero-order valence-corrected chi connectivity index (χ0v) is 6.89. The maximum Gasteiger partial charge on any atom is 0.419 e. The summed E-state index contributed by atoms with van der Waals surface area (Å²) in [6.45, 7) is 3.02. The number of alkyl halides is 3. The van der Waals surface area contributed by atoms with Gasteiger partial charge in [-0.15, -0.1) is 10.2 Å². The van der Waals surface area contributed by atoms with Crippen molar-refractivity contribution in [1.29, 1.82) is 0 Å². The molecule has 0 aliphatic heterocycles. The van der Waals surface area contributed by atoms with E-state index < -0.39 is 16.9 Å². The van der Waals surface area contributed by atoms with Crippen LogP contribution in [0.2, 0.25) is 5.15 Å². The fraction of sp³-hybridized carbons (Fsp3) is 0.167. The number of rotatable bonds is 1. The highest BCUT2D eigenvalue weighted by Gasteiger charge is 2.34. The number of halogens is 4. The molecule has 0 saturated heterocycles. The third-order valence-corrected chi connectivity index (χ3v) is 1.48. The van der Waals surface area contributed by atoms with Gasteiger partial charge in [0.15, 0.2) is 11.0 Å². The Balaban J connectivity index is 3.27. The Morgan fingerprint density at radius 2 is 2.00 bits per heavy atom. The molecule has 3 nitrogen and oxygen atoms in total. The summed E-state index contributed by atoms with van der Waals surface area (Å²) in [5.41, 5.74) is -1.06. The van der Waals surface area contributed by atoms with Gasteiger partial charge in [0.2, 0.25) is 0 Å². The van der Waals surface area contributed by atoms with Gasteiger partial charge in [0.05, 0.1) is 5.56 Å². The van der Waals surface area contributed by atoms with Crippen molar-refractivity contribution in [1.82, 2.24) is 10.2 Å². The molecular weight excluding hydrogens is 207 g/mol. The van der Waals surface area contributed by atoms with Crippen LogP contribution in [0.5, 0.6) is 0 Å². The summed E-state index contributed by atoms with van der Waals surface area (Å²) in [7, 11) is 0. The van der Waals surface area contributed by atoms with Crippen molar-refractivity contribution in [2.45, 2.75) is 6.18 Å². The van der Waals surface area contributed by atoms with Crippen LogP contribution in [0, 0.1) is 0 Å². The van der Waals surface area contributed by atoms with Gasteiger partial charge in [0.25, 0.3) is 0 Å². The first-order valence-electron chi connectivity index (χ1n) is 3.02. The van der Waals surface area contributed by atoms with Crippen LogP contribution in [0.25, 0.3) is 0 Å². The van der Waals surface area contributed by atoms with Crippen LogP contribution < -0.4 is 0 Å². The predicted molar refractivity (Wildman–Crippen MR) is 41.3 cm³/mol. The van der Waals surface area contributed by atoms with E-state index >= 15 is 0 Å². The molecular formula is C6H3ClF3N3. The molecule has 0 atom stereocenters. The minimum atomic E-state index is -4.55. The molecule has 0 amide bonds. The third-order valence-electron chi connectivity index (χ3n) is 1.20. The normalized spacial score (nSPS) is 11.4. The van der Waals surface area contributed by atoms with Crippen molar-refractivity contribution in [3.8, 4) is 0 Å². The topological polar surface area (TPSA) is 38.1 Å². The van der Waals surface area contributed by atoms with E-state index in [2.05, 4.69) is 21.9 Å². The van der Waals surface area contributed by atoms with Crippen molar-refractivity contribution < 1.29 is 13.2 Å². The molecule has 70 valence electrons. The molecule has 0 aliphatic carbocycles. The van der Waals surface area contributed by atoms with Crippen LogP contribution in [0.1, 0.15) is 5.56 Å². The van der Waals surface area contributed by atoms with Gasteiger partial charge in [-0.3, -0.25) is 0 Å². The van der Waals surface area contributed by atoms with Crippen molar-refractivity contribution >= 4 is 24.1 Å². The second kappa shape index (κ2) is 3.29. The zero-order valence-electron chi connectivity index (χ0n) is 6.14. The van der Waals surface area contributed by atoms with E-state index in [1.54, 1.807) is 0 Å². The van der Waals surface area contributed by atoms with Crippen LogP contribution in [0.3, 0.4) is 0 Å². The molecule has 0 unspecified atom stereocenters. The summed E-state index contributed by atoms with van der Waals surface area (Å²) in [5.74, 6) is -0.211. The van der Waals surface area contributed by atoms with Gasteiger partial charge in [-0.25, -0.2) is 4.99 Å². The highest BCUT2D eigenvalue weighted by Crippen LogP contribution is 2.34. The van der Waals surface area contributed by atoms with Gasteiger partial charge in [-0.05, 0) is 12.8 Å². The monoisotopic (exact) mass is 209 g/mol. The van der Waals surface area contributed by atoms with E-state index in [-0.39, 0.29) is 5.82 Å². The van der Waals surface area contributed by atoms with Gasteiger partial charge in [-0.1, -0.05) is 11.6 Å². The zero-order chi connectivity index (χ0) is 10.1. The summed E-state index contributed by atoms with van der Waals surface area (Å²) in [6, 6.07) is 0.683. The van der Waals surface area contributed by atoms with Gasteiger partial charge in [-0.2, -0.15) is 13.2 Å². The van der Waals surface area contributed by atoms with E-state index in [1.807, 2.05) is 0 Å². The van der Waals surface area contributed by atoms with E-state index in [9.17, 15) is 13.2 Å². The summed E-state index contributed by atoms with van der Waals surface area (Å²) in [5, 5.41) is 5.64. The van der Waals surface area contributed by atoms with Crippen LogP contribution >= 0.6 is 11.6 Å². The molecule has 1 aromatic heterocycles. The lowest BCUT2D eigenvalue weighted by Gasteiger charge is -2.06. The van der Waals surface area contributed by atoms with E-state index in [0.717, 1.165) is 0 Å². The van der Waals surface area contributed by atoms with Crippen LogP contribution in [0.15, 0.2) is 11.1 Å². The molecule has 0 aromatic carbocycles. The summed E-state index contributed by atoms with van der Waals surface area (Å²) in [4.78, 5) is 3.20. The molecule has 1 aromatic rings. The van der Waals surface area contributed by atoms with Crippen LogP contribution in [-0.4, -0.2) is 16.9 Å². The quantitative estimate of drug-likeness (QED) is 0.667. The Labute approximate surface area is 76.3 Å². The Hall–Kier alpha value is -1.17. The average Bonchev–Trinajstić information content (AvgIpc) is 2.03. The maximum atomic E-state index is 12.2. The van der Waals surface area contributed by atoms with Crippen LogP contribution in [-0.2, 0) is 6.18 Å². The Bertz CT molecular complexity index is 336. The largest absolute Gasteiger partial charge is 0.419 e. The molecule has 13 heavy (non-hydrogen) atoms. The first-order chi connectivity index (χ1) is 5.95. The molecule has 0 radical (unpaired) electrons. The lowest BCUT2D eigenvalue weighted by Crippen LogP contribution is -2.07. The standard InChI is InChI=1S/C6H3ClF3N3/c1-11-4-2-3(6(8,9)10)5(7)13-12-4/h2H,1H2. The molecule has 0 N–H and O–H groups in total. The summed E-state index contributed by atoms with van der Waals surface area (Å²) in [6.07, 6.45) is -4.55. The Morgan fingerprint density at radius 3 is 2.46 bits per heavy atom. The van der Waals surface area contributed by atoms with Crippen molar-refractivity contribution in [3.05, 3.63) is 16.8 Å². The van der Waals surface area contributed by atoms with Crippen molar-refractivity contribution in [2.24, 2.45) is 4.99 Å². The third kappa shape index (κ3) is 2.15. The highest BCUT2D eigenvalue weighted by atomic mass is 35.5. The molecule has 1 heterocycles. The first-order valence-corrected chi connectivity index (χ1v) is 3.40. The van der Waals surface area contributed by atoms with Gasteiger partial charge < -0.3 is 0 Å². The van der Waals surface area contributed by atoms with E-state index in [4.69, 9.17) is 11.6 Å². The molecule has 0 saturated carbocycles. The van der Waals surface area contributed by atoms with E-state index in [1.165, 1.54) is 0 Å². The average molecular weight is 210 g/mol. The number of aliphatic imine (C=N–C) groups is 1.